The quantitative estimate of drug-likeness (QED) is 0.797. The predicted molar refractivity (Wildman–Crippen MR) is 68.5 cm³/mol. The van der Waals surface area contributed by atoms with Gasteiger partial charge in [0.1, 0.15) is 5.69 Å². The molecular weight excluding hydrogens is 246 g/mol. The zero-order valence-corrected chi connectivity index (χ0v) is 10.4. The van der Waals surface area contributed by atoms with Crippen LogP contribution in [0.5, 0.6) is 0 Å². The summed E-state index contributed by atoms with van der Waals surface area (Å²) in [4.78, 5) is 20.5. The Labute approximate surface area is 109 Å². The maximum Gasteiger partial charge on any atom is 0.274 e. The first-order valence-electron chi connectivity index (χ1n) is 6.27. The van der Waals surface area contributed by atoms with Crippen molar-refractivity contribution in [1.29, 1.82) is 0 Å². The monoisotopic (exact) mass is 261 g/mol. The molecule has 2 N–H and O–H groups in total. The van der Waals surface area contributed by atoms with Crippen molar-refractivity contribution in [3.8, 4) is 11.6 Å². The van der Waals surface area contributed by atoms with Crippen LogP contribution in [-0.2, 0) is 6.54 Å². The van der Waals surface area contributed by atoms with Crippen molar-refractivity contribution < 1.29 is 4.52 Å². The molecule has 19 heavy (non-hydrogen) atoms. The molecule has 0 unspecified atom stereocenters. The second-order valence-corrected chi connectivity index (χ2v) is 4.47. The molecule has 3 heterocycles. The van der Waals surface area contributed by atoms with Crippen molar-refractivity contribution in [3.63, 3.8) is 0 Å². The molecule has 100 valence electrons. The van der Waals surface area contributed by atoms with E-state index in [1.807, 2.05) is 0 Å². The van der Waals surface area contributed by atoms with E-state index >= 15 is 0 Å². The van der Waals surface area contributed by atoms with Crippen LogP contribution in [-0.4, -0.2) is 46.2 Å². The molecule has 0 saturated carbocycles. The third-order valence-electron chi connectivity index (χ3n) is 3.04. The molecule has 7 heteroatoms. The third-order valence-corrected chi connectivity index (χ3v) is 3.04. The summed E-state index contributed by atoms with van der Waals surface area (Å²) < 4.78 is 5.17. The molecule has 0 aliphatic carbocycles. The first-order valence-corrected chi connectivity index (χ1v) is 6.27. The lowest BCUT2D eigenvalue weighted by Gasteiger charge is -2.25. The van der Waals surface area contributed by atoms with Crippen molar-refractivity contribution in [1.82, 2.24) is 25.3 Å². The van der Waals surface area contributed by atoms with E-state index in [0.29, 0.717) is 24.0 Å². The predicted octanol–water partition coefficient (Wildman–Crippen LogP) is -0.170. The van der Waals surface area contributed by atoms with E-state index in [1.165, 1.54) is 6.07 Å². The molecule has 0 amide bonds. The summed E-state index contributed by atoms with van der Waals surface area (Å²) in [5.41, 5.74) is 0.367. The summed E-state index contributed by atoms with van der Waals surface area (Å²) >= 11 is 0. The average Bonchev–Trinajstić information content (AvgIpc) is 2.88. The number of nitrogens with one attached hydrogen (secondary N) is 2. The van der Waals surface area contributed by atoms with Gasteiger partial charge in [-0.25, -0.2) is 0 Å². The molecular formula is C12H15N5O2. The Balaban J connectivity index is 1.74. The smallest absolute Gasteiger partial charge is 0.274 e. The Kier molecular flexibility index (Phi) is 3.39. The minimum absolute atomic E-state index is 0.181. The molecule has 1 aliphatic heterocycles. The van der Waals surface area contributed by atoms with Gasteiger partial charge in [-0.05, 0) is 6.07 Å². The van der Waals surface area contributed by atoms with Gasteiger partial charge in [-0.1, -0.05) is 11.2 Å². The van der Waals surface area contributed by atoms with Gasteiger partial charge in [0.05, 0.1) is 6.54 Å². The van der Waals surface area contributed by atoms with E-state index in [2.05, 4.69) is 25.3 Å². The fourth-order valence-electron chi connectivity index (χ4n) is 2.07. The topological polar surface area (TPSA) is 87.1 Å². The lowest BCUT2D eigenvalue weighted by Crippen LogP contribution is -2.43. The third kappa shape index (κ3) is 2.88. The molecule has 0 bridgehead atoms. The van der Waals surface area contributed by atoms with Gasteiger partial charge in [-0.3, -0.25) is 9.69 Å². The van der Waals surface area contributed by atoms with Crippen molar-refractivity contribution >= 4 is 0 Å². The average molecular weight is 261 g/mol. The van der Waals surface area contributed by atoms with E-state index in [4.69, 9.17) is 4.52 Å². The van der Waals surface area contributed by atoms with Gasteiger partial charge >= 0.3 is 0 Å². The summed E-state index contributed by atoms with van der Waals surface area (Å²) in [6, 6.07) is 4.85. The van der Waals surface area contributed by atoms with Crippen LogP contribution in [0.4, 0.5) is 0 Å². The summed E-state index contributed by atoms with van der Waals surface area (Å²) in [7, 11) is 0. The fourth-order valence-corrected chi connectivity index (χ4v) is 2.07. The van der Waals surface area contributed by atoms with Crippen molar-refractivity contribution in [2.24, 2.45) is 0 Å². The molecule has 0 spiro atoms. The number of H-pyrrole nitrogens is 1. The first kappa shape index (κ1) is 12.1. The van der Waals surface area contributed by atoms with Gasteiger partial charge in [-0.15, -0.1) is 0 Å². The van der Waals surface area contributed by atoms with Crippen molar-refractivity contribution in [2.45, 2.75) is 6.54 Å². The van der Waals surface area contributed by atoms with Crippen LogP contribution < -0.4 is 10.9 Å². The molecule has 2 aromatic heterocycles. The van der Waals surface area contributed by atoms with E-state index in [1.54, 1.807) is 12.1 Å². The number of rotatable bonds is 3. The molecule has 3 rings (SSSR count). The maximum atomic E-state index is 11.2. The van der Waals surface area contributed by atoms with Crippen LogP contribution in [0.25, 0.3) is 11.6 Å². The SMILES string of the molecule is O=c1cccc(-c2nc(CN3CCNCC3)no2)[nH]1. The van der Waals surface area contributed by atoms with Crippen LogP contribution in [0.2, 0.25) is 0 Å². The molecule has 0 radical (unpaired) electrons. The normalized spacial score (nSPS) is 16.6. The van der Waals surface area contributed by atoms with Crippen molar-refractivity contribution in [2.75, 3.05) is 26.2 Å². The lowest BCUT2D eigenvalue weighted by molar-refractivity contribution is 0.225. The molecule has 1 aliphatic rings. The van der Waals surface area contributed by atoms with Crippen molar-refractivity contribution in [3.05, 3.63) is 34.4 Å². The van der Waals surface area contributed by atoms with Gasteiger partial charge in [0, 0.05) is 32.2 Å². The number of hydrogen-bond donors (Lipinski definition) is 2. The Morgan fingerprint density at radius 1 is 1.32 bits per heavy atom. The van der Waals surface area contributed by atoms with E-state index in [-0.39, 0.29) is 5.56 Å². The summed E-state index contributed by atoms with van der Waals surface area (Å²) in [6.45, 7) is 4.59. The Hall–Kier alpha value is -1.99. The molecule has 0 atom stereocenters. The van der Waals surface area contributed by atoms with E-state index in [9.17, 15) is 4.79 Å². The molecule has 0 aromatic carbocycles. The second kappa shape index (κ2) is 5.33. The number of aromatic amines is 1. The Bertz CT molecular complexity index is 600. The summed E-state index contributed by atoms with van der Waals surface area (Å²) in [5.74, 6) is 0.990. The van der Waals surface area contributed by atoms with Crippen LogP contribution in [0.1, 0.15) is 5.82 Å². The zero-order chi connectivity index (χ0) is 13.1. The molecule has 2 aromatic rings. The molecule has 1 saturated heterocycles. The second-order valence-electron chi connectivity index (χ2n) is 4.47. The van der Waals surface area contributed by atoms with E-state index < -0.39 is 0 Å². The standard InChI is InChI=1S/C12H15N5O2/c18-11-3-1-2-9(14-11)12-15-10(16-19-12)8-17-6-4-13-5-7-17/h1-3,13H,4-8H2,(H,14,18). The number of piperazine rings is 1. The zero-order valence-electron chi connectivity index (χ0n) is 10.4. The Morgan fingerprint density at radius 3 is 2.95 bits per heavy atom. The lowest BCUT2D eigenvalue weighted by atomic mass is 10.3. The maximum absolute atomic E-state index is 11.2. The number of aromatic nitrogens is 3. The van der Waals surface area contributed by atoms with Gasteiger partial charge in [0.15, 0.2) is 5.82 Å². The van der Waals surface area contributed by atoms with Gasteiger partial charge in [0.25, 0.3) is 5.89 Å². The summed E-state index contributed by atoms with van der Waals surface area (Å²) in [5, 5.41) is 7.24. The highest BCUT2D eigenvalue weighted by atomic mass is 16.5. The van der Waals surface area contributed by atoms with Gasteiger partial charge < -0.3 is 14.8 Å². The van der Waals surface area contributed by atoms with Crippen LogP contribution in [0.15, 0.2) is 27.5 Å². The number of nitrogens with zero attached hydrogens (tertiary/aromatic N) is 3. The highest BCUT2D eigenvalue weighted by molar-refractivity contribution is 5.45. The molecule has 1 fully saturated rings. The Morgan fingerprint density at radius 2 is 2.16 bits per heavy atom. The minimum Gasteiger partial charge on any atom is -0.332 e. The molecule has 7 nitrogen and oxygen atoms in total. The van der Waals surface area contributed by atoms with Crippen LogP contribution in [0, 0.1) is 0 Å². The highest BCUT2D eigenvalue weighted by Gasteiger charge is 2.15. The van der Waals surface area contributed by atoms with E-state index in [0.717, 1.165) is 26.2 Å². The van der Waals surface area contributed by atoms with Gasteiger partial charge in [0.2, 0.25) is 5.56 Å². The highest BCUT2D eigenvalue weighted by Crippen LogP contribution is 2.13. The largest absolute Gasteiger partial charge is 0.332 e. The van der Waals surface area contributed by atoms with Gasteiger partial charge in [-0.2, -0.15) is 4.98 Å². The van der Waals surface area contributed by atoms with Crippen LogP contribution >= 0.6 is 0 Å². The number of hydrogen-bond acceptors (Lipinski definition) is 6. The summed E-state index contributed by atoms with van der Waals surface area (Å²) in [6.07, 6.45) is 0. The minimum atomic E-state index is -0.181. The van der Waals surface area contributed by atoms with Crippen LogP contribution in [0.3, 0.4) is 0 Å². The number of pyridine rings is 1. The fraction of sp³-hybridized carbons (Fsp3) is 0.417. The first-order chi connectivity index (χ1) is 9.31.